The van der Waals surface area contributed by atoms with E-state index in [0.29, 0.717) is 6.42 Å². The predicted octanol–water partition coefficient (Wildman–Crippen LogP) is 4.59. The van der Waals surface area contributed by atoms with Gasteiger partial charge in [0.2, 0.25) is 0 Å². The first-order valence-electron chi connectivity index (χ1n) is 8.18. The monoisotopic (exact) mass is 316 g/mol. The summed E-state index contributed by atoms with van der Waals surface area (Å²) in [4.78, 5) is 24.5. The Kier molecular flexibility index (Phi) is 4.85. The lowest BCUT2D eigenvalue weighted by Crippen LogP contribution is -2.31. The number of hydrogen-bond donors (Lipinski definition) is 0. The van der Waals surface area contributed by atoms with E-state index in [4.69, 9.17) is 0 Å². The van der Waals surface area contributed by atoms with E-state index < -0.39 is 5.92 Å². The fourth-order valence-corrected chi connectivity index (χ4v) is 3.28. The zero-order valence-corrected chi connectivity index (χ0v) is 13.7. The van der Waals surface area contributed by atoms with Gasteiger partial charge in [0.05, 0.1) is 5.92 Å². The smallest absolute Gasteiger partial charge is 0.167 e. The summed E-state index contributed by atoms with van der Waals surface area (Å²) < 4.78 is 0. The number of benzene rings is 2. The molecule has 0 saturated heterocycles. The maximum atomic E-state index is 12.5. The van der Waals surface area contributed by atoms with E-state index in [2.05, 4.69) is 0 Å². The Labute approximate surface area is 142 Å². The minimum Gasteiger partial charge on any atom is -0.299 e. The third kappa shape index (κ3) is 3.60. The largest absolute Gasteiger partial charge is 0.299 e. The SMILES string of the molecule is CC(=O)[C@H]1C(=O)C=C(/C=C/c2ccccc2)C[C@H]1c1ccccc1. The van der Waals surface area contributed by atoms with Crippen LogP contribution in [0.3, 0.4) is 0 Å². The van der Waals surface area contributed by atoms with E-state index in [-0.39, 0.29) is 17.5 Å². The van der Waals surface area contributed by atoms with Crippen LogP contribution in [0.4, 0.5) is 0 Å². The first-order valence-corrected chi connectivity index (χ1v) is 8.18. The molecule has 1 aliphatic rings. The van der Waals surface area contributed by atoms with Crippen molar-refractivity contribution in [1.29, 1.82) is 0 Å². The van der Waals surface area contributed by atoms with Gasteiger partial charge in [-0.25, -0.2) is 0 Å². The summed E-state index contributed by atoms with van der Waals surface area (Å²) in [5.41, 5.74) is 3.11. The van der Waals surface area contributed by atoms with Gasteiger partial charge in [0.15, 0.2) is 5.78 Å². The van der Waals surface area contributed by atoms with Crippen LogP contribution in [0.2, 0.25) is 0 Å². The summed E-state index contributed by atoms with van der Waals surface area (Å²) in [5, 5.41) is 0. The molecule has 1 aliphatic carbocycles. The quantitative estimate of drug-likeness (QED) is 0.773. The molecule has 3 rings (SSSR count). The van der Waals surface area contributed by atoms with Crippen LogP contribution in [0.25, 0.3) is 6.08 Å². The third-order valence-corrected chi connectivity index (χ3v) is 4.45. The summed E-state index contributed by atoms with van der Waals surface area (Å²) >= 11 is 0. The molecule has 2 atom stereocenters. The molecule has 2 aromatic carbocycles. The van der Waals surface area contributed by atoms with Gasteiger partial charge >= 0.3 is 0 Å². The molecule has 2 heteroatoms. The van der Waals surface area contributed by atoms with Crippen molar-refractivity contribution in [2.24, 2.45) is 5.92 Å². The van der Waals surface area contributed by atoms with Gasteiger partial charge < -0.3 is 0 Å². The zero-order valence-electron chi connectivity index (χ0n) is 13.7. The van der Waals surface area contributed by atoms with Crippen molar-refractivity contribution in [1.82, 2.24) is 0 Å². The highest BCUT2D eigenvalue weighted by molar-refractivity contribution is 6.09. The summed E-state index contributed by atoms with van der Waals surface area (Å²) in [6.45, 7) is 1.51. The van der Waals surface area contributed by atoms with Crippen molar-refractivity contribution in [3.8, 4) is 0 Å². The minimum absolute atomic E-state index is 0.0591. The van der Waals surface area contributed by atoms with Gasteiger partial charge in [-0.05, 0) is 36.1 Å². The second-order valence-electron chi connectivity index (χ2n) is 6.18. The lowest BCUT2D eigenvalue weighted by atomic mass is 9.73. The van der Waals surface area contributed by atoms with Crippen molar-refractivity contribution in [3.63, 3.8) is 0 Å². The Morgan fingerprint density at radius 2 is 1.58 bits per heavy atom. The molecular formula is C22H20O2. The lowest BCUT2D eigenvalue weighted by Gasteiger charge is -2.28. The molecule has 0 spiro atoms. The molecular weight excluding hydrogens is 296 g/mol. The molecule has 2 nitrogen and oxygen atoms in total. The van der Waals surface area contributed by atoms with Gasteiger partial charge in [0.25, 0.3) is 0 Å². The van der Waals surface area contributed by atoms with Crippen molar-refractivity contribution >= 4 is 17.6 Å². The Bertz CT molecular complexity index is 785. The molecule has 0 bridgehead atoms. The second kappa shape index (κ2) is 7.22. The van der Waals surface area contributed by atoms with E-state index >= 15 is 0 Å². The zero-order chi connectivity index (χ0) is 16.9. The minimum atomic E-state index is -0.568. The van der Waals surface area contributed by atoms with Crippen molar-refractivity contribution < 1.29 is 9.59 Å². The van der Waals surface area contributed by atoms with Gasteiger partial charge in [-0.1, -0.05) is 72.8 Å². The summed E-state index contributed by atoms with van der Waals surface area (Å²) in [6, 6.07) is 19.8. The number of carbonyl (C=O) groups excluding carboxylic acids is 2. The topological polar surface area (TPSA) is 34.1 Å². The highest BCUT2D eigenvalue weighted by Crippen LogP contribution is 2.37. The Morgan fingerprint density at radius 1 is 0.958 bits per heavy atom. The fourth-order valence-electron chi connectivity index (χ4n) is 3.28. The van der Waals surface area contributed by atoms with Gasteiger partial charge in [-0.15, -0.1) is 0 Å². The van der Waals surface area contributed by atoms with E-state index in [1.807, 2.05) is 72.8 Å². The molecule has 24 heavy (non-hydrogen) atoms. The Hall–Kier alpha value is -2.74. The van der Waals surface area contributed by atoms with Crippen LogP contribution in [0.15, 0.2) is 78.4 Å². The average Bonchev–Trinajstić information content (AvgIpc) is 2.60. The maximum absolute atomic E-state index is 12.5. The molecule has 0 N–H and O–H groups in total. The number of allylic oxidation sites excluding steroid dienone is 3. The van der Waals surface area contributed by atoms with Gasteiger partial charge in [0.1, 0.15) is 5.78 Å². The molecule has 0 fully saturated rings. The highest BCUT2D eigenvalue weighted by atomic mass is 16.1. The van der Waals surface area contributed by atoms with E-state index in [9.17, 15) is 9.59 Å². The molecule has 0 saturated carbocycles. The lowest BCUT2D eigenvalue weighted by molar-refractivity contribution is -0.130. The first-order chi connectivity index (χ1) is 11.6. The van der Waals surface area contributed by atoms with E-state index in [0.717, 1.165) is 16.7 Å². The molecule has 120 valence electrons. The molecule has 2 aromatic rings. The van der Waals surface area contributed by atoms with E-state index in [1.165, 1.54) is 6.92 Å². The third-order valence-electron chi connectivity index (χ3n) is 4.45. The molecule has 0 radical (unpaired) electrons. The van der Waals surface area contributed by atoms with Gasteiger partial charge in [-0.2, -0.15) is 0 Å². The Balaban J connectivity index is 1.90. The van der Waals surface area contributed by atoms with Crippen LogP contribution >= 0.6 is 0 Å². The maximum Gasteiger partial charge on any atom is 0.167 e. The van der Waals surface area contributed by atoms with E-state index in [1.54, 1.807) is 6.08 Å². The molecule has 0 amide bonds. The molecule has 0 aliphatic heterocycles. The predicted molar refractivity (Wildman–Crippen MR) is 96.5 cm³/mol. The summed E-state index contributed by atoms with van der Waals surface area (Å²) in [6.07, 6.45) is 6.32. The molecule has 0 aromatic heterocycles. The van der Waals surface area contributed by atoms with Crippen LogP contribution in [-0.4, -0.2) is 11.6 Å². The van der Waals surface area contributed by atoms with Crippen LogP contribution in [0.5, 0.6) is 0 Å². The molecule has 0 heterocycles. The second-order valence-corrected chi connectivity index (χ2v) is 6.18. The highest BCUT2D eigenvalue weighted by Gasteiger charge is 2.35. The van der Waals surface area contributed by atoms with Crippen LogP contribution in [-0.2, 0) is 9.59 Å². The number of Topliss-reactive ketones (excluding diaryl/α,β-unsaturated/α-hetero) is 1. The number of carbonyl (C=O) groups is 2. The van der Waals surface area contributed by atoms with Crippen molar-refractivity contribution in [2.75, 3.05) is 0 Å². The number of hydrogen-bond acceptors (Lipinski definition) is 2. The van der Waals surface area contributed by atoms with Crippen LogP contribution in [0, 0.1) is 5.92 Å². The first kappa shape index (κ1) is 16.1. The van der Waals surface area contributed by atoms with Crippen LogP contribution in [0.1, 0.15) is 30.4 Å². The molecule has 0 unspecified atom stereocenters. The fraction of sp³-hybridized carbons (Fsp3) is 0.182. The van der Waals surface area contributed by atoms with Gasteiger partial charge in [0, 0.05) is 5.92 Å². The van der Waals surface area contributed by atoms with Gasteiger partial charge in [-0.3, -0.25) is 9.59 Å². The average molecular weight is 316 g/mol. The number of ketones is 2. The normalized spacial score (nSPS) is 20.9. The van der Waals surface area contributed by atoms with Crippen LogP contribution < -0.4 is 0 Å². The van der Waals surface area contributed by atoms with Crippen molar-refractivity contribution in [2.45, 2.75) is 19.3 Å². The number of rotatable bonds is 4. The standard InChI is InChI=1S/C22H20O2/c1-16(23)22-20(19-10-6-3-7-11-19)14-18(15-21(22)24)13-12-17-8-4-2-5-9-17/h2-13,15,20,22H,14H2,1H3/b13-12+/t20-,22+/m0/s1. The van der Waals surface area contributed by atoms with Crippen molar-refractivity contribution in [3.05, 3.63) is 89.5 Å². The Morgan fingerprint density at radius 3 is 2.21 bits per heavy atom. The summed E-state index contributed by atoms with van der Waals surface area (Å²) in [5.74, 6) is -0.801. The summed E-state index contributed by atoms with van der Waals surface area (Å²) in [7, 11) is 0.